The average molecular weight is 324 g/mol. The third-order valence-electron chi connectivity index (χ3n) is 3.23. The molecule has 0 saturated carbocycles. The van der Waals surface area contributed by atoms with E-state index in [1.165, 1.54) is 5.56 Å². The summed E-state index contributed by atoms with van der Waals surface area (Å²) < 4.78 is 5.32. The summed E-state index contributed by atoms with van der Waals surface area (Å²) in [5.41, 5.74) is 3.30. The molecule has 0 fully saturated rings. The molecule has 112 valence electrons. The lowest BCUT2D eigenvalue weighted by Crippen LogP contribution is -2.14. The van der Waals surface area contributed by atoms with Crippen LogP contribution in [0.15, 0.2) is 36.4 Å². The minimum absolute atomic E-state index is 0.640. The van der Waals surface area contributed by atoms with Crippen LogP contribution in [0.4, 0.5) is 0 Å². The van der Waals surface area contributed by atoms with Crippen molar-refractivity contribution < 1.29 is 4.74 Å². The lowest BCUT2D eigenvalue weighted by atomic mass is 9.99. The van der Waals surface area contributed by atoms with Gasteiger partial charge in [0.05, 0.1) is 7.11 Å². The molecule has 0 heterocycles. The fraction of sp³-hybridized carbons (Fsp3) is 0.294. The van der Waals surface area contributed by atoms with Gasteiger partial charge in [0.2, 0.25) is 0 Å². The standard InChI is InChI=1S/C17H19Cl2NO/c1-3-6-20-11-13-9-16(21-2)4-5-17(13)12-7-14(18)10-15(19)8-12/h4-5,7-10,20H,3,6,11H2,1-2H3. The lowest BCUT2D eigenvalue weighted by molar-refractivity contribution is 0.414. The molecule has 0 unspecified atom stereocenters. The van der Waals surface area contributed by atoms with E-state index in [4.69, 9.17) is 27.9 Å². The highest BCUT2D eigenvalue weighted by Crippen LogP contribution is 2.31. The van der Waals surface area contributed by atoms with Crippen molar-refractivity contribution in [1.29, 1.82) is 0 Å². The molecule has 2 rings (SSSR count). The molecule has 0 atom stereocenters. The Morgan fingerprint density at radius 2 is 1.76 bits per heavy atom. The van der Waals surface area contributed by atoms with Crippen LogP contribution in [-0.4, -0.2) is 13.7 Å². The van der Waals surface area contributed by atoms with Crippen LogP contribution < -0.4 is 10.1 Å². The van der Waals surface area contributed by atoms with E-state index in [9.17, 15) is 0 Å². The lowest BCUT2D eigenvalue weighted by Gasteiger charge is -2.13. The zero-order valence-electron chi connectivity index (χ0n) is 12.2. The topological polar surface area (TPSA) is 21.3 Å². The predicted molar refractivity (Wildman–Crippen MR) is 90.4 cm³/mol. The van der Waals surface area contributed by atoms with Gasteiger partial charge in [0.1, 0.15) is 5.75 Å². The van der Waals surface area contributed by atoms with Crippen LogP contribution in [0.2, 0.25) is 10.0 Å². The highest BCUT2D eigenvalue weighted by molar-refractivity contribution is 6.35. The number of benzene rings is 2. The monoisotopic (exact) mass is 323 g/mol. The second kappa shape index (κ2) is 7.69. The Hall–Kier alpha value is -1.22. The van der Waals surface area contributed by atoms with E-state index in [2.05, 4.69) is 12.2 Å². The number of halogens is 2. The van der Waals surface area contributed by atoms with Gasteiger partial charge in [0.15, 0.2) is 0 Å². The molecule has 0 saturated heterocycles. The van der Waals surface area contributed by atoms with Crippen LogP contribution in [0, 0.1) is 0 Å². The smallest absolute Gasteiger partial charge is 0.119 e. The van der Waals surface area contributed by atoms with E-state index >= 15 is 0 Å². The molecule has 0 spiro atoms. The first-order valence-electron chi connectivity index (χ1n) is 6.98. The van der Waals surface area contributed by atoms with Gasteiger partial charge in [-0.05, 0) is 60.0 Å². The number of hydrogen-bond donors (Lipinski definition) is 1. The third-order valence-corrected chi connectivity index (χ3v) is 3.66. The number of ether oxygens (including phenoxy) is 1. The van der Waals surface area contributed by atoms with Gasteiger partial charge < -0.3 is 10.1 Å². The van der Waals surface area contributed by atoms with E-state index in [0.717, 1.165) is 36.4 Å². The Bertz CT molecular complexity index is 593. The van der Waals surface area contributed by atoms with Crippen LogP contribution in [0.5, 0.6) is 5.75 Å². The summed E-state index contributed by atoms with van der Waals surface area (Å²) >= 11 is 12.2. The molecule has 2 aromatic rings. The van der Waals surface area contributed by atoms with E-state index in [1.54, 1.807) is 13.2 Å². The van der Waals surface area contributed by atoms with Gasteiger partial charge >= 0.3 is 0 Å². The van der Waals surface area contributed by atoms with Crippen molar-refractivity contribution in [2.45, 2.75) is 19.9 Å². The largest absolute Gasteiger partial charge is 0.497 e. The minimum Gasteiger partial charge on any atom is -0.497 e. The van der Waals surface area contributed by atoms with Crippen LogP contribution in [0.25, 0.3) is 11.1 Å². The Balaban J connectivity index is 2.40. The maximum atomic E-state index is 6.11. The Kier molecular flexibility index (Phi) is 5.92. The highest BCUT2D eigenvalue weighted by Gasteiger charge is 2.08. The van der Waals surface area contributed by atoms with Crippen LogP contribution in [0.3, 0.4) is 0 Å². The molecule has 0 radical (unpaired) electrons. The summed E-state index contributed by atoms with van der Waals surface area (Å²) in [6.07, 6.45) is 1.10. The zero-order chi connectivity index (χ0) is 15.2. The minimum atomic E-state index is 0.640. The summed E-state index contributed by atoms with van der Waals surface area (Å²) in [4.78, 5) is 0. The number of hydrogen-bond acceptors (Lipinski definition) is 2. The van der Waals surface area contributed by atoms with Gasteiger partial charge in [-0.3, -0.25) is 0 Å². The zero-order valence-corrected chi connectivity index (χ0v) is 13.8. The van der Waals surface area contributed by atoms with Gasteiger partial charge in [0, 0.05) is 16.6 Å². The molecule has 2 nitrogen and oxygen atoms in total. The van der Waals surface area contributed by atoms with Gasteiger partial charge in [-0.15, -0.1) is 0 Å². The molecule has 0 aromatic heterocycles. The second-order valence-corrected chi connectivity index (χ2v) is 5.73. The van der Waals surface area contributed by atoms with Crippen LogP contribution >= 0.6 is 23.2 Å². The predicted octanol–water partition coefficient (Wildman–Crippen LogP) is 5.17. The molecule has 4 heteroatoms. The SMILES string of the molecule is CCCNCc1cc(OC)ccc1-c1cc(Cl)cc(Cl)c1. The van der Waals surface area contributed by atoms with Gasteiger partial charge in [-0.1, -0.05) is 36.2 Å². The second-order valence-electron chi connectivity index (χ2n) is 4.86. The molecule has 1 N–H and O–H groups in total. The maximum Gasteiger partial charge on any atom is 0.119 e. The first-order valence-corrected chi connectivity index (χ1v) is 7.73. The van der Waals surface area contributed by atoms with Crippen molar-refractivity contribution in [3.05, 3.63) is 52.0 Å². The molecule has 21 heavy (non-hydrogen) atoms. The average Bonchev–Trinajstić information content (AvgIpc) is 2.46. The maximum absolute atomic E-state index is 6.11. The van der Waals surface area contributed by atoms with Gasteiger partial charge in [-0.2, -0.15) is 0 Å². The van der Waals surface area contributed by atoms with Crippen LogP contribution in [-0.2, 0) is 6.54 Å². The fourth-order valence-corrected chi connectivity index (χ4v) is 2.76. The molecule has 0 aliphatic carbocycles. The quantitative estimate of drug-likeness (QED) is 0.740. The molecular formula is C17H19Cl2NO. The van der Waals surface area contributed by atoms with Crippen molar-refractivity contribution in [2.75, 3.05) is 13.7 Å². The Morgan fingerprint density at radius 1 is 1.05 bits per heavy atom. The van der Waals surface area contributed by atoms with Crippen LogP contribution in [0.1, 0.15) is 18.9 Å². The molecule has 0 aliphatic heterocycles. The molecule has 0 bridgehead atoms. The first-order chi connectivity index (χ1) is 10.1. The highest BCUT2D eigenvalue weighted by atomic mass is 35.5. The van der Waals surface area contributed by atoms with Crippen molar-refractivity contribution in [3.8, 4) is 16.9 Å². The summed E-state index contributed by atoms with van der Waals surface area (Å²) in [5.74, 6) is 0.847. The van der Waals surface area contributed by atoms with Crippen molar-refractivity contribution in [2.24, 2.45) is 0 Å². The third kappa shape index (κ3) is 4.37. The molecular weight excluding hydrogens is 305 g/mol. The summed E-state index contributed by atoms with van der Waals surface area (Å²) in [5, 5.41) is 4.70. The summed E-state index contributed by atoms with van der Waals surface area (Å²) in [6.45, 7) is 3.91. The Morgan fingerprint density at radius 3 is 2.38 bits per heavy atom. The summed E-state index contributed by atoms with van der Waals surface area (Å²) in [6, 6.07) is 11.6. The van der Waals surface area contributed by atoms with Gasteiger partial charge in [-0.25, -0.2) is 0 Å². The Labute approximate surface area is 136 Å². The molecule has 2 aromatic carbocycles. The van der Waals surface area contributed by atoms with Crippen molar-refractivity contribution >= 4 is 23.2 Å². The number of rotatable bonds is 6. The number of methoxy groups -OCH3 is 1. The van der Waals surface area contributed by atoms with E-state index in [1.807, 2.05) is 30.3 Å². The van der Waals surface area contributed by atoms with E-state index in [-0.39, 0.29) is 0 Å². The van der Waals surface area contributed by atoms with Crippen molar-refractivity contribution in [1.82, 2.24) is 5.32 Å². The first kappa shape index (κ1) is 16.2. The number of nitrogens with one attached hydrogen (secondary N) is 1. The normalized spacial score (nSPS) is 10.7. The fourth-order valence-electron chi connectivity index (χ4n) is 2.23. The van der Waals surface area contributed by atoms with Gasteiger partial charge in [0.25, 0.3) is 0 Å². The van der Waals surface area contributed by atoms with E-state index < -0.39 is 0 Å². The summed E-state index contributed by atoms with van der Waals surface area (Å²) in [7, 11) is 1.68. The molecule has 0 amide bonds. The van der Waals surface area contributed by atoms with E-state index in [0.29, 0.717) is 10.0 Å². The molecule has 0 aliphatic rings. The van der Waals surface area contributed by atoms with Crippen molar-refractivity contribution in [3.63, 3.8) is 0 Å².